The monoisotopic (exact) mass is 465 g/mol. The maximum absolute atomic E-state index is 13.6. The molecule has 0 saturated heterocycles. The highest BCUT2D eigenvalue weighted by molar-refractivity contribution is 6.32. The summed E-state index contributed by atoms with van der Waals surface area (Å²) in [5.41, 5.74) is 3.40. The maximum atomic E-state index is 13.6. The van der Waals surface area contributed by atoms with Gasteiger partial charge in [-0.15, -0.1) is 0 Å². The largest absolute Gasteiger partial charge is 0.507 e. The fourth-order valence-corrected chi connectivity index (χ4v) is 5.91. The SMILES string of the molecule is CN(C)[C@H]1C(=O)C(C(N)=O)C(=O)[C@]2(O)C(=O)C3C(=O)c4c(O)ccc(C=CC#N)c4C[C@@H]3C[C@H]12. The van der Waals surface area contributed by atoms with Crippen molar-refractivity contribution in [3.8, 4) is 11.8 Å². The van der Waals surface area contributed by atoms with Gasteiger partial charge in [0.2, 0.25) is 5.91 Å². The van der Waals surface area contributed by atoms with Crippen molar-refractivity contribution in [2.75, 3.05) is 14.1 Å². The number of primary amides is 1. The van der Waals surface area contributed by atoms with Crippen molar-refractivity contribution in [3.63, 3.8) is 0 Å². The minimum absolute atomic E-state index is 0.0268. The van der Waals surface area contributed by atoms with Crippen LogP contribution in [0, 0.1) is 35.0 Å². The summed E-state index contributed by atoms with van der Waals surface area (Å²) in [6, 6.07) is 3.53. The van der Waals surface area contributed by atoms with Crippen LogP contribution < -0.4 is 5.73 Å². The number of ketones is 4. The van der Waals surface area contributed by atoms with Crippen LogP contribution in [0.25, 0.3) is 6.08 Å². The number of likely N-dealkylation sites (N-methyl/N-ethyl adjacent to an activating group) is 1. The number of nitrogens with two attached hydrogens (primary N) is 1. The van der Waals surface area contributed by atoms with E-state index < -0.39 is 64.4 Å². The van der Waals surface area contributed by atoms with Crippen LogP contribution in [0.15, 0.2) is 18.2 Å². The van der Waals surface area contributed by atoms with Crippen molar-refractivity contribution in [2.45, 2.75) is 24.5 Å². The number of hydrogen-bond donors (Lipinski definition) is 3. The molecule has 10 heteroatoms. The molecule has 1 aromatic rings. The molecule has 1 amide bonds. The summed E-state index contributed by atoms with van der Waals surface area (Å²) in [6.07, 6.45) is 2.82. The average molecular weight is 465 g/mol. The van der Waals surface area contributed by atoms with Gasteiger partial charge in [-0.2, -0.15) is 5.26 Å². The van der Waals surface area contributed by atoms with Crippen LogP contribution >= 0.6 is 0 Å². The molecule has 2 unspecified atom stereocenters. The van der Waals surface area contributed by atoms with Crippen molar-refractivity contribution in [3.05, 3.63) is 34.9 Å². The van der Waals surface area contributed by atoms with E-state index in [1.54, 1.807) is 6.07 Å². The van der Waals surface area contributed by atoms with Gasteiger partial charge in [-0.05, 0) is 56.1 Å². The van der Waals surface area contributed by atoms with Crippen LogP contribution in [-0.4, -0.2) is 69.9 Å². The van der Waals surface area contributed by atoms with Gasteiger partial charge in [-0.25, -0.2) is 0 Å². The molecule has 34 heavy (non-hydrogen) atoms. The molecule has 4 rings (SSSR count). The first-order chi connectivity index (χ1) is 16.0. The Hall–Kier alpha value is -3.68. The van der Waals surface area contributed by atoms with E-state index in [1.165, 1.54) is 37.2 Å². The lowest BCUT2D eigenvalue weighted by atomic mass is 9.52. The number of nitriles is 1. The molecule has 1 aromatic carbocycles. The molecule has 0 spiro atoms. The highest BCUT2D eigenvalue weighted by Crippen LogP contribution is 2.51. The quantitative estimate of drug-likeness (QED) is 0.388. The van der Waals surface area contributed by atoms with E-state index in [0.29, 0.717) is 11.1 Å². The number of carbonyl (C=O) groups is 5. The highest BCUT2D eigenvalue weighted by Gasteiger charge is 2.69. The molecule has 2 fully saturated rings. The van der Waals surface area contributed by atoms with Crippen molar-refractivity contribution in [1.82, 2.24) is 4.90 Å². The lowest BCUT2D eigenvalue weighted by Gasteiger charge is -2.52. The number of Topliss-reactive ketones (excluding diaryl/α,β-unsaturated/α-hetero) is 4. The normalized spacial score (nSPS) is 32.9. The summed E-state index contributed by atoms with van der Waals surface area (Å²) < 4.78 is 0. The first-order valence-electron chi connectivity index (χ1n) is 10.7. The summed E-state index contributed by atoms with van der Waals surface area (Å²) in [6.45, 7) is 0. The minimum atomic E-state index is -2.75. The second-order valence-electron chi connectivity index (χ2n) is 9.28. The van der Waals surface area contributed by atoms with Crippen LogP contribution in [-0.2, 0) is 25.6 Å². The number of allylic oxidation sites excluding steroid dienone is 1. The fraction of sp³-hybridized carbons (Fsp3) is 0.417. The number of carbonyl (C=O) groups excluding carboxylic acids is 5. The molecule has 6 atom stereocenters. The summed E-state index contributed by atoms with van der Waals surface area (Å²) in [5, 5.41) is 30.8. The van der Waals surface area contributed by atoms with E-state index in [1.807, 2.05) is 6.07 Å². The standard InChI is InChI=1S/C24H23N3O7/c1-27(2)18-13-9-11-8-12-10(4-3-7-25)5-6-14(28)16(12)19(29)15(11)21(31)24(13,34)22(32)17(20(18)30)23(26)33/h3-6,11,13,15,17-18,28,34H,8-9H2,1-2H3,(H2,26,33)/t11-,13-,15?,17?,18-,24-/m1/s1. The van der Waals surface area contributed by atoms with Gasteiger partial charge in [0, 0.05) is 12.0 Å². The summed E-state index contributed by atoms with van der Waals surface area (Å²) >= 11 is 0. The number of nitrogens with zero attached hydrogens (tertiary/aromatic N) is 2. The predicted molar refractivity (Wildman–Crippen MR) is 116 cm³/mol. The molecular formula is C24H23N3O7. The molecule has 3 aliphatic carbocycles. The Morgan fingerprint density at radius 1 is 1.24 bits per heavy atom. The van der Waals surface area contributed by atoms with Crippen LogP contribution in [0.5, 0.6) is 5.75 Å². The third-order valence-electron chi connectivity index (χ3n) is 7.32. The second kappa shape index (κ2) is 7.97. The third kappa shape index (κ3) is 3.04. The minimum Gasteiger partial charge on any atom is -0.507 e. The van der Waals surface area contributed by atoms with Crippen molar-refractivity contribution in [2.24, 2.45) is 29.4 Å². The first kappa shape index (κ1) is 23.5. The highest BCUT2D eigenvalue weighted by atomic mass is 16.3. The van der Waals surface area contributed by atoms with E-state index in [0.717, 1.165) is 0 Å². The third-order valence-corrected chi connectivity index (χ3v) is 7.32. The summed E-state index contributed by atoms with van der Waals surface area (Å²) in [5.74, 6) is -10.9. The molecule has 4 N–H and O–H groups in total. The number of amides is 1. The Morgan fingerprint density at radius 2 is 1.91 bits per heavy atom. The van der Waals surface area contributed by atoms with E-state index in [4.69, 9.17) is 11.0 Å². The number of hydrogen-bond acceptors (Lipinski definition) is 9. The molecule has 2 saturated carbocycles. The molecule has 0 bridgehead atoms. The Bertz CT molecular complexity index is 1230. The number of aliphatic hydroxyl groups is 1. The smallest absolute Gasteiger partial charge is 0.235 e. The van der Waals surface area contributed by atoms with Gasteiger partial charge >= 0.3 is 0 Å². The number of rotatable bonds is 3. The Labute approximate surface area is 194 Å². The number of phenolic OH excluding ortho intramolecular Hbond substituents is 1. The van der Waals surface area contributed by atoms with Crippen molar-refractivity contribution >= 4 is 35.1 Å². The molecule has 176 valence electrons. The van der Waals surface area contributed by atoms with Gasteiger partial charge in [-0.1, -0.05) is 6.07 Å². The Balaban J connectivity index is 1.88. The average Bonchev–Trinajstić information content (AvgIpc) is 2.75. The zero-order valence-corrected chi connectivity index (χ0v) is 18.5. The van der Waals surface area contributed by atoms with Crippen molar-refractivity contribution in [1.29, 1.82) is 5.26 Å². The van der Waals surface area contributed by atoms with Gasteiger partial charge < -0.3 is 15.9 Å². The van der Waals surface area contributed by atoms with Gasteiger partial charge in [0.05, 0.1) is 23.6 Å². The van der Waals surface area contributed by atoms with E-state index in [9.17, 15) is 34.2 Å². The molecular weight excluding hydrogens is 442 g/mol. The topological polar surface area (TPSA) is 179 Å². The Morgan fingerprint density at radius 3 is 2.50 bits per heavy atom. The molecule has 0 radical (unpaired) electrons. The number of fused-ring (bicyclic) bond motifs is 3. The zero-order valence-electron chi connectivity index (χ0n) is 18.5. The molecule has 0 aromatic heterocycles. The summed E-state index contributed by atoms with van der Waals surface area (Å²) in [7, 11) is 3.05. The van der Waals surface area contributed by atoms with Gasteiger partial charge in [0.1, 0.15) is 5.75 Å². The first-order valence-corrected chi connectivity index (χ1v) is 10.7. The van der Waals surface area contributed by atoms with Crippen LogP contribution in [0.4, 0.5) is 0 Å². The molecule has 3 aliphatic rings. The van der Waals surface area contributed by atoms with E-state index in [2.05, 4.69) is 0 Å². The fourth-order valence-electron chi connectivity index (χ4n) is 5.91. The van der Waals surface area contributed by atoms with Gasteiger partial charge in [0.15, 0.2) is 34.7 Å². The number of benzene rings is 1. The zero-order chi connectivity index (χ0) is 25.1. The molecule has 0 heterocycles. The van der Waals surface area contributed by atoms with E-state index >= 15 is 0 Å². The Kier molecular flexibility index (Phi) is 5.50. The lowest BCUT2D eigenvalue weighted by Crippen LogP contribution is -2.74. The van der Waals surface area contributed by atoms with Crippen LogP contribution in [0.3, 0.4) is 0 Å². The van der Waals surface area contributed by atoms with Gasteiger partial charge in [0.25, 0.3) is 0 Å². The molecule has 0 aliphatic heterocycles. The number of aromatic hydroxyl groups is 1. The van der Waals surface area contributed by atoms with Crippen LogP contribution in [0.2, 0.25) is 0 Å². The number of phenols is 1. The van der Waals surface area contributed by atoms with Crippen LogP contribution in [0.1, 0.15) is 27.9 Å². The van der Waals surface area contributed by atoms with Gasteiger partial charge in [-0.3, -0.25) is 28.9 Å². The van der Waals surface area contributed by atoms with E-state index in [-0.39, 0.29) is 24.2 Å². The lowest BCUT2D eigenvalue weighted by molar-refractivity contribution is -0.181. The maximum Gasteiger partial charge on any atom is 0.235 e. The molecule has 10 nitrogen and oxygen atoms in total. The predicted octanol–water partition coefficient (Wildman–Crippen LogP) is -0.596. The summed E-state index contributed by atoms with van der Waals surface area (Å²) in [4.78, 5) is 66.7. The second-order valence-corrected chi connectivity index (χ2v) is 9.28. The van der Waals surface area contributed by atoms with Crippen molar-refractivity contribution < 1.29 is 34.2 Å².